The molecule has 24 heavy (non-hydrogen) atoms. The van der Waals surface area contributed by atoms with E-state index in [1.54, 1.807) is 19.4 Å². The van der Waals surface area contributed by atoms with E-state index in [0.717, 1.165) is 22.4 Å². The van der Waals surface area contributed by atoms with Gasteiger partial charge in [-0.2, -0.15) is 0 Å². The lowest BCUT2D eigenvalue weighted by atomic mass is 10.3. The molecule has 0 radical (unpaired) electrons. The molecule has 3 N–H and O–H groups in total. The number of urea groups is 1. The van der Waals surface area contributed by atoms with Gasteiger partial charge in [0.05, 0.1) is 18.1 Å². The highest BCUT2D eigenvalue weighted by atomic mass is 16.5. The molecule has 0 aliphatic heterocycles. The summed E-state index contributed by atoms with van der Waals surface area (Å²) in [5.74, 6) is 1.41. The first-order chi connectivity index (χ1) is 11.7. The summed E-state index contributed by atoms with van der Waals surface area (Å²) in [7, 11) is 1.57. The van der Waals surface area contributed by atoms with E-state index in [9.17, 15) is 4.79 Å². The van der Waals surface area contributed by atoms with Crippen LogP contribution in [-0.4, -0.2) is 34.6 Å². The van der Waals surface area contributed by atoms with Crippen LogP contribution in [0.3, 0.4) is 0 Å². The summed E-state index contributed by atoms with van der Waals surface area (Å²) < 4.78 is 4.99. The summed E-state index contributed by atoms with van der Waals surface area (Å²) >= 11 is 0. The van der Waals surface area contributed by atoms with E-state index in [0.29, 0.717) is 25.4 Å². The topological polar surface area (TPSA) is 91.9 Å². The molecule has 3 rings (SSSR count). The minimum absolute atomic E-state index is 0.220. The summed E-state index contributed by atoms with van der Waals surface area (Å²) in [6.07, 6.45) is 2.32. The van der Waals surface area contributed by atoms with Crippen LogP contribution in [0.25, 0.3) is 11.0 Å². The molecule has 124 valence electrons. The van der Waals surface area contributed by atoms with Gasteiger partial charge in [0, 0.05) is 31.8 Å². The minimum Gasteiger partial charge on any atom is -0.481 e. The number of aromatic nitrogens is 3. The number of fused-ring (bicyclic) bond motifs is 1. The van der Waals surface area contributed by atoms with E-state index < -0.39 is 0 Å². The molecule has 7 heteroatoms. The van der Waals surface area contributed by atoms with Gasteiger partial charge in [0.15, 0.2) is 0 Å². The third kappa shape index (κ3) is 4.01. The summed E-state index contributed by atoms with van der Waals surface area (Å²) in [6, 6.07) is 11.3. The lowest BCUT2D eigenvalue weighted by molar-refractivity contribution is 0.240. The monoisotopic (exact) mass is 325 g/mol. The maximum Gasteiger partial charge on any atom is 0.315 e. The first-order valence-corrected chi connectivity index (χ1v) is 7.69. The van der Waals surface area contributed by atoms with Crippen LogP contribution in [0.4, 0.5) is 4.79 Å². The molecule has 2 aromatic heterocycles. The van der Waals surface area contributed by atoms with Gasteiger partial charge in [0.1, 0.15) is 5.82 Å². The number of nitrogens with one attached hydrogen (secondary N) is 3. The van der Waals surface area contributed by atoms with E-state index in [-0.39, 0.29) is 6.03 Å². The van der Waals surface area contributed by atoms with Crippen molar-refractivity contribution in [1.82, 2.24) is 25.6 Å². The predicted octanol–water partition coefficient (Wildman–Crippen LogP) is 2.01. The Morgan fingerprint density at radius 1 is 1.21 bits per heavy atom. The van der Waals surface area contributed by atoms with Gasteiger partial charge in [-0.05, 0) is 17.7 Å². The van der Waals surface area contributed by atoms with Crippen LogP contribution >= 0.6 is 0 Å². The van der Waals surface area contributed by atoms with Crippen LogP contribution in [0, 0.1) is 0 Å². The highest BCUT2D eigenvalue weighted by Crippen LogP contribution is 2.10. The number of pyridine rings is 1. The number of aromatic amines is 1. The van der Waals surface area contributed by atoms with Crippen molar-refractivity contribution in [3.05, 3.63) is 54.0 Å². The Hall–Kier alpha value is -3.09. The maximum absolute atomic E-state index is 11.8. The molecular formula is C17H19N5O2. The molecule has 0 fully saturated rings. The number of rotatable bonds is 6. The second kappa shape index (κ2) is 7.45. The number of carbonyl (C=O) groups is 1. The van der Waals surface area contributed by atoms with Gasteiger partial charge in [-0.3, -0.25) is 0 Å². The maximum atomic E-state index is 11.8. The van der Waals surface area contributed by atoms with Gasteiger partial charge in [-0.1, -0.05) is 18.2 Å². The molecule has 2 heterocycles. The Balaban J connectivity index is 1.41. The number of imidazole rings is 1. The van der Waals surface area contributed by atoms with E-state index >= 15 is 0 Å². The van der Waals surface area contributed by atoms with E-state index in [1.807, 2.05) is 30.3 Å². The fraction of sp³-hybridized carbons (Fsp3) is 0.235. The van der Waals surface area contributed by atoms with Crippen molar-refractivity contribution >= 4 is 17.1 Å². The molecule has 7 nitrogen and oxygen atoms in total. The normalized spacial score (nSPS) is 10.5. The number of hydrogen-bond acceptors (Lipinski definition) is 4. The van der Waals surface area contributed by atoms with Crippen LogP contribution in [0.15, 0.2) is 42.6 Å². The van der Waals surface area contributed by atoms with Gasteiger partial charge in [-0.15, -0.1) is 0 Å². The fourth-order valence-corrected chi connectivity index (χ4v) is 2.30. The first-order valence-electron chi connectivity index (χ1n) is 7.69. The first kappa shape index (κ1) is 15.8. The van der Waals surface area contributed by atoms with Gasteiger partial charge in [0.25, 0.3) is 0 Å². The van der Waals surface area contributed by atoms with Gasteiger partial charge in [-0.25, -0.2) is 14.8 Å². The number of benzene rings is 1. The Morgan fingerprint density at radius 3 is 2.83 bits per heavy atom. The van der Waals surface area contributed by atoms with Crippen molar-refractivity contribution in [2.75, 3.05) is 13.7 Å². The summed E-state index contributed by atoms with van der Waals surface area (Å²) in [5.41, 5.74) is 2.84. The van der Waals surface area contributed by atoms with E-state index in [4.69, 9.17) is 4.74 Å². The predicted molar refractivity (Wildman–Crippen MR) is 90.8 cm³/mol. The van der Waals surface area contributed by atoms with Crippen molar-refractivity contribution in [2.45, 2.75) is 13.0 Å². The van der Waals surface area contributed by atoms with Crippen LogP contribution in [0.5, 0.6) is 5.88 Å². The lowest BCUT2D eigenvalue weighted by Crippen LogP contribution is -2.36. The zero-order chi connectivity index (χ0) is 16.8. The van der Waals surface area contributed by atoms with Crippen molar-refractivity contribution < 1.29 is 9.53 Å². The van der Waals surface area contributed by atoms with E-state index in [1.165, 1.54) is 0 Å². The molecule has 2 amide bonds. The van der Waals surface area contributed by atoms with Crippen molar-refractivity contribution in [3.63, 3.8) is 0 Å². The largest absolute Gasteiger partial charge is 0.481 e. The molecule has 0 unspecified atom stereocenters. The Kier molecular flexibility index (Phi) is 4.90. The Morgan fingerprint density at radius 2 is 2.08 bits per heavy atom. The summed E-state index contributed by atoms with van der Waals surface area (Å²) in [6.45, 7) is 0.917. The number of carbonyl (C=O) groups excluding carboxylic acids is 1. The number of ether oxygens (including phenoxy) is 1. The molecule has 0 aliphatic carbocycles. The Bertz CT molecular complexity index is 780. The molecule has 0 atom stereocenters. The number of amides is 2. The van der Waals surface area contributed by atoms with Crippen LogP contribution in [0.1, 0.15) is 11.4 Å². The van der Waals surface area contributed by atoms with Crippen LogP contribution in [-0.2, 0) is 13.0 Å². The standard InChI is InChI=1S/C17H19N5O2/c1-24-16-7-6-12(10-19-16)11-20-17(23)18-9-8-15-21-13-4-2-3-5-14(13)22-15/h2-7,10H,8-9,11H2,1H3,(H,21,22)(H2,18,20,23). The summed E-state index contributed by atoms with van der Waals surface area (Å²) in [5, 5.41) is 5.60. The average Bonchev–Trinajstić information content (AvgIpc) is 3.03. The second-order valence-electron chi connectivity index (χ2n) is 5.27. The molecule has 0 spiro atoms. The van der Waals surface area contributed by atoms with Gasteiger partial charge in [0.2, 0.25) is 5.88 Å². The molecule has 0 saturated heterocycles. The average molecular weight is 325 g/mol. The molecule has 0 aliphatic rings. The molecule has 0 saturated carbocycles. The highest BCUT2D eigenvalue weighted by molar-refractivity contribution is 5.75. The lowest BCUT2D eigenvalue weighted by Gasteiger charge is -2.07. The number of methoxy groups -OCH3 is 1. The quantitative estimate of drug-likeness (QED) is 0.646. The van der Waals surface area contributed by atoms with Crippen LogP contribution < -0.4 is 15.4 Å². The SMILES string of the molecule is COc1ccc(CNC(=O)NCCc2nc3ccccc3[nH]2)cn1. The molecular weight excluding hydrogens is 306 g/mol. The van der Waals surface area contributed by atoms with Crippen molar-refractivity contribution in [3.8, 4) is 5.88 Å². The zero-order valence-electron chi connectivity index (χ0n) is 13.4. The zero-order valence-corrected chi connectivity index (χ0v) is 13.4. The second-order valence-corrected chi connectivity index (χ2v) is 5.27. The van der Waals surface area contributed by atoms with Crippen molar-refractivity contribution in [1.29, 1.82) is 0 Å². The molecule has 3 aromatic rings. The van der Waals surface area contributed by atoms with Gasteiger partial charge >= 0.3 is 6.03 Å². The highest BCUT2D eigenvalue weighted by Gasteiger charge is 2.04. The summed E-state index contributed by atoms with van der Waals surface area (Å²) in [4.78, 5) is 23.6. The third-order valence-corrected chi connectivity index (χ3v) is 3.55. The third-order valence-electron chi connectivity index (χ3n) is 3.55. The number of H-pyrrole nitrogens is 1. The van der Waals surface area contributed by atoms with E-state index in [2.05, 4.69) is 25.6 Å². The molecule has 1 aromatic carbocycles. The fourth-order valence-electron chi connectivity index (χ4n) is 2.30. The number of nitrogens with zero attached hydrogens (tertiary/aromatic N) is 2. The van der Waals surface area contributed by atoms with Gasteiger partial charge < -0.3 is 20.4 Å². The molecule has 0 bridgehead atoms. The number of hydrogen-bond donors (Lipinski definition) is 3. The number of para-hydroxylation sites is 2. The minimum atomic E-state index is -0.220. The van der Waals surface area contributed by atoms with Crippen molar-refractivity contribution in [2.24, 2.45) is 0 Å². The van der Waals surface area contributed by atoms with Crippen LogP contribution in [0.2, 0.25) is 0 Å². The smallest absolute Gasteiger partial charge is 0.315 e. The Labute approximate surface area is 139 Å².